The molecule has 1 heterocycles. The predicted molar refractivity (Wildman–Crippen MR) is 151 cm³/mol. The highest BCUT2D eigenvalue weighted by atomic mass is 15.0. The zero-order valence-corrected chi connectivity index (χ0v) is 19.1. The summed E-state index contributed by atoms with van der Waals surface area (Å²) >= 11 is 0. The van der Waals surface area contributed by atoms with Crippen molar-refractivity contribution in [1.82, 2.24) is 4.57 Å². The van der Waals surface area contributed by atoms with E-state index >= 15 is 0 Å². The van der Waals surface area contributed by atoms with Crippen molar-refractivity contribution in [3.05, 3.63) is 127 Å². The van der Waals surface area contributed by atoms with E-state index in [1.54, 1.807) is 0 Å². The summed E-state index contributed by atoms with van der Waals surface area (Å²) in [5.74, 6) is 0. The summed E-state index contributed by atoms with van der Waals surface area (Å²) in [7, 11) is 0. The van der Waals surface area contributed by atoms with Crippen LogP contribution in [0.4, 0.5) is 0 Å². The van der Waals surface area contributed by atoms with Crippen molar-refractivity contribution in [3.63, 3.8) is 0 Å². The number of rotatable bonds is 1. The Balaban J connectivity index is 1.70. The number of nitrogens with zero attached hydrogens (tertiary/aromatic N) is 1. The third-order valence-corrected chi connectivity index (χ3v) is 7.52. The van der Waals surface area contributed by atoms with Gasteiger partial charge >= 0.3 is 0 Å². The maximum Gasteiger partial charge on any atom is 0.0626 e. The Bertz CT molecular complexity index is 2110. The van der Waals surface area contributed by atoms with Crippen molar-refractivity contribution < 1.29 is 0 Å². The molecule has 0 aliphatic heterocycles. The highest BCUT2D eigenvalue weighted by molar-refractivity contribution is 6.36. The molecule has 0 aliphatic carbocycles. The third-order valence-electron chi connectivity index (χ3n) is 7.52. The zero-order valence-electron chi connectivity index (χ0n) is 19.1. The summed E-state index contributed by atoms with van der Waals surface area (Å²) in [4.78, 5) is 0. The number of hydrogen-bond acceptors (Lipinski definition) is 0. The van der Waals surface area contributed by atoms with Crippen LogP contribution in [0, 0.1) is 0 Å². The lowest BCUT2D eigenvalue weighted by Gasteiger charge is -2.14. The minimum absolute atomic E-state index is 1.19. The minimum Gasteiger partial charge on any atom is -0.309 e. The number of fused-ring (bicyclic) bond motifs is 11. The van der Waals surface area contributed by atoms with Gasteiger partial charge in [0.2, 0.25) is 0 Å². The van der Waals surface area contributed by atoms with Gasteiger partial charge in [0.25, 0.3) is 0 Å². The smallest absolute Gasteiger partial charge is 0.0626 e. The van der Waals surface area contributed by atoms with Crippen LogP contribution in [-0.2, 0) is 0 Å². The fourth-order valence-corrected chi connectivity index (χ4v) is 6.02. The van der Waals surface area contributed by atoms with Gasteiger partial charge in [0, 0.05) is 27.2 Å². The SMILES string of the molecule is c1ccc2cc(-n3c4ccccc4c4c5c6ccccc6ccc5c5ccccc5c43)ccc2c1. The lowest BCUT2D eigenvalue weighted by Crippen LogP contribution is -1.95. The van der Waals surface area contributed by atoms with Crippen LogP contribution in [-0.4, -0.2) is 4.57 Å². The molecule has 0 spiro atoms. The molecule has 0 radical (unpaired) electrons. The monoisotopic (exact) mass is 443 g/mol. The zero-order chi connectivity index (χ0) is 22.9. The Kier molecular flexibility index (Phi) is 3.72. The Hall–Kier alpha value is -4.62. The Morgan fingerprint density at radius 1 is 0.371 bits per heavy atom. The van der Waals surface area contributed by atoms with E-state index in [0.29, 0.717) is 0 Å². The second-order valence-corrected chi connectivity index (χ2v) is 9.36. The van der Waals surface area contributed by atoms with Crippen molar-refractivity contribution in [2.45, 2.75) is 0 Å². The number of hydrogen-bond donors (Lipinski definition) is 0. The van der Waals surface area contributed by atoms with Gasteiger partial charge in [0.05, 0.1) is 11.0 Å². The Morgan fingerprint density at radius 2 is 1.00 bits per heavy atom. The highest BCUT2D eigenvalue weighted by Crippen LogP contribution is 2.44. The van der Waals surface area contributed by atoms with E-state index in [1.165, 1.54) is 70.6 Å². The van der Waals surface area contributed by atoms with E-state index in [9.17, 15) is 0 Å². The molecule has 0 saturated carbocycles. The average Bonchev–Trinajstić information content (AvgIpc) is 3.28. The van der Waals surface area contributed by atoms with E-state index < -0.39 is 0 Å². The van der Waals surface area contributed by atoms with E-state index in [-0.39, 0.29) is 0 Å². The van der Waals surface area contributed by atoms with Gasteiger partial charge in [0.15, 0.2) is 0 Å². The Morgan fingerprint density at radius 3 is 1.86 bits per heavy atom. The first kappa shape index (κ1) is 18.8. The molecule has 0 unspecified atom stereocenters. The van der Waals surface area contributed by atoms with Crippen LogP contribution in [0.15, 0.2) is 127 Å². The van der Waals surface area contributed by atoms with E-state index in [1.807, 2.05) is 0 Å². The molecule has 162 valence electrons. The topological polar surface area (TPSA) is 4.93 Å². The highest BCUT2D eigenvalue weighted by Gasteiger charge is 2.20. The summed E-state index contributed by atoms with van der Waals surface area (Å²) in [5.41, 5.74) is 3.71. The summed E-state index contributed by atoms with van der Waals surface area (Å²) in [6.07, 6.45) is 0. The van der Waals surface area contributed by atoms with Gasteiger partial charge in [-0.25, -0.2) is 0 Å². The van der Waals surface area contributed by atoms with E-state index in [2.05, 4.69) is 132 Å². The van der Waals surface area contributed by atoms with Crippen LogP contribution < -0.4 is 0 Å². The van der Waals surface area contributed by atoms with Crippen molar-refractivity contribution in [2.24, 2.45) is 0 Å². The summed E-state index contributed by atoms with van der Waals surface area (Å²) in [6, 6.07) is 46.5. The normalized spacial score (nSPS) is 12.0. The van der Waals surface area contributed by atoms with Gasteiger partial charge in [0.1, 0.15) is 0 Å². The van der Waals surface area contributed by atoms with Gasteiger partial charge in [-0.2, -0.15) is 0 Å². The second-order valence-electron chi connectivity index (χ2n) is 9.36. The van der Waals surface area contributed by atoms with Crippen LogP contribution in [0.25, 0.3) is 70.6 Å². The van der Waals surface area contributed by atoms with Crippen molar-refractivity contribution in [2.75, 3.05) is 0 Å². The van der Waals surface area contributed by atoms with E-state index in [4.69, 9.17) is 0 Å². The molecule has 1 heteroatoms. The molecule has 8 rings (SSSR count). The summed E-state index contributed by atoms with van der Waals surface area (Å²) in [5, 5.41) is 13.0. The molecule has 1 aromatic heterocycles. The molecule has 35 heavy (non-hydrogen) atoms. The minimum atomic E-state index is 1.19. The van der Waals surface area contributed by atoms with Gasteiger partial charge in [-0.3, -0.25) is 0 Å². The van der Waals surface area contributed by atoms with Gasteiger partial charge < -0.3 is 4.57 Å². The van der Waals surface area contributed by atoms with Crippen molar-refractivity contribution in [1.29, 1.82) is 0 Å². The van der Waals surface area contributed by atoms with Crippen LogP contribution >= 0.6 is 0 Å². The first-order valence-corrected chi connectivity index (χ1v) is 12.1. The van der Waals surface area contributed by atoms with Gasteiger partial charge in [-0.15, -0.1) is 0 Å². The molecule has 7 aromatic carbocycles. The predicted octanol–water partition coefficient (Wildman–Crippen LogP) is 9.40. The molecule has 0 saturated heterocycles. The lowest BCUT2D eigenvalue weighted by atomic mass is 9.93. The standard InChI is InChI=1S/C34H21N/c1-2-11-24-21-25(19-17-22(24)9-1)35-31-16-8-7-15-30(31)33-32-26-12-4-3-10-23(26)18-20-28(32)27-13-5-6-14-29(27)34(33)35/h1-21H. The average molecular weight is 444 g/mol. The molecule has 0 atom stereocenters. The number of para-hydroxylation sites is 1. The van der Waals surface area contributed by atoms with Gasteiger partial charge in [-0.1, -0.05) is 109 Å². The molecule has 1 nitrogen and oxygen atoms in total. The third kappa shape index (κ3) is 2.53. The molecular formula is C34H21N. The first-order chi connectivity index (χ1) is 17.4. The summed E-state index contributed by atoms with van der Waals surface area (Å²) < 4.78 is 2.47. The van der Waals surface area contributed by atoms with Crippen LogP contribution in [0.1, 0.15) is 0 Å². The fourth-order valence-electron chi connectivity index (χ4n) is 6.02. The van der Waals surface area contributed by atoms with Crippen molar-refractivity contribution in [3.8, 4) is 5.69 Å². The first-order valence-electron chi connectivity index (χ1n) is 12.1. The Labute approximate surface area is 202 Å². The quantitative estimate of drug-likeness (QED) is 0.223. The second kappa shape index (κ2) is 6.94. The van der Waals surface area contributed by atoms with Crippen LogP contribution in [0.2, 0.25) is 0 Å². The van der Waals surface area contributed by atoms with E-state index in [0.717, 1.165) is 0 Å². The molecule has 0 fully saturated rings. The van der Waals surface area contributed by atoms with Crippen LogP contribution in [0.5, 0.6) is 0 Å². The van der Waals surface area contributed by atoms with Gasteiger partial charge in [-0.05, 0) is 50.5 Å². The molecular weight excluding hydrogens is 422 g/mol. The van der Waals surface area contributed by atoms with Crippen LogP contribution in [0.3, 0.4) is 0 Å². The number of aromatic nitrogens is 1. The number of benzene rings is 7. The largest absolute Gasteiger partial charge is 0.309 e. The fraction of sp³-hybridized carbons (Fsp3) is 0. The maximum absolute atomic E-state index is 2.47. The molecule has 0 amide bonds. The van der Waals surface area contributed by atoms with Crippen molar-refractivity contribution >= 4 is 64.9 Å². The lowest BCUT2D eigenvalue weighted by molar-refractivity contribution is 1.19. The molecule has 0 N–H and O–H groups in total. The molecule has 8 aromatic rings. The molecule has 0 aliphatic rings. The summed E-state index contributed by atoms with van der Waals surface area (Å²) in [6.45, 7) is 0. The molecule has 0 bridgehead atoms. The maximum atomic E-state index is 2.47.